The molecule has 0 saturated heterocycles. The molecule has 4 heteroatoms. The minimum absolute atomic E-state index is 0.0424. The normalized spacial score (nSPS) is 11.6. The molecule has 3 rings (SSSR count). The lowest BCUT2D eigenvalue weighted by molar-refractivity contribution is 0.215. The molecule has 0 bridgehead atoms. The first-order valence-electron chi connectivity index (χ1n) is 8.20. The molecule has 0 aliphatic rings. The second kappa shape index (κ2) is 6.95. The lowest BCUT2D eigenvalue weighted by Crippen LogP contribution is -2.23. The molecule has 25 heavy (non-hydrogen) atoms. The van der Waals surface area contributed by atoms with Gasteiger partial charge in [-0.1, -0.05) is 37.6 Å². The fourth-order valence-corrected chi connectivity index (χ4v) is 3.00. The average molecular weight is 353 g/mol. The molecule has 0 atom stereocenters. The molecular formula is C21H21ClN2O. The smallest absolute Gasteiger partial charge is 0.0537 e. The Morgan fingerprint density at radius 2 is 1.76 bits per heavy atom. The topological polar surface area (TPSA) is 46.0 Å². The van der Waals surface area contributed by atoms with Gasteiger partial charge >= 0.3 is 0 Å². The average Bonchev–Trinajstić information content (AvgIpc) is 2.62. The standard InChI is InChI=1S/C21H21ClN2O/c1-14-4-5-18(19(22)8-14)17-9-16(11-23-12-17)15-6-7-24-20(10-15)21(2,3)13-25/h4-12,25H,13H2,1-3H3. The summed E-state index contributed by atoms with van der Waals surface area (Å²) >= 11 is 6.40. The van der Waals surface area contributed by atoms with Gasteiger partial charge in [-0.15, -0.1) is 0 Å². The summed E-state index contributed by atoms with van der Waals surface area (Å²) < 4.78 is 0. The number of nitrogens with zero attached hydrogens (tertiary/aromatic N) is 2. The van der Waals surface area contributed by atoms with Gasteiger partial charge in [0.1, 0.15) is 0 Å². The summed E-state index contributed by atoms with van der Waals surface area (Å²) in [7, 11) is 0. The van der Waals surface area contributed by atoms with Gasteiger partial charge < -0.3 is 5.11 Å². The number of pyridine rings is 2. The maximum absolute atomic E-state index is 9.59. The van der Waals surface area contributed by atoms with Crippen molar-refractivity contribution in [2.45, 2.75) is 26.2 Å². The predicted octanol–water partition coefficient (Wildman–Crippen LogP) is 5.04. The molecule has 128 valence electrons. The van der Waals surface area contributed by atoms with Gasteiger partial charge in [-0.25, -0.2) is 0 Å². The highest BCUT2D eigenvalue weighted by Crippen LogP contribution is 2.32. The van der Waals surface area contributed by atoms with Crippen LogP contribution in [0.4, 0.5) is 0 Å². The van der Waals surface area contributed by atoms with Crippen molar-refractivity contribution < 1.29 is 5.11 Å². The fourth-order valence-electron chi connectivity index (χ4n) is 2.66. The molecule has 3 aromatic rings. The third kappa shape index (κ3) is 3.73. The van der Waals surface area contributed by atoms with Crippen molar-refractivity contribution in [1.29, 1.82) is 0 Å². The summed E-state index contributed by atoms with van der Waals surface area (Å²) in [5.74, 6) is 0. The zero-order valence-corrected chi connectivity index (χ0v) is 15.4. The Morgan fingerprint density at radius 1 is 1.00 bits per heavy atom. The number of aliphatic hydroxyl groups is 1. The summed E-state index contributed by atoms with van der Waals surface area (Å²) in [4.78, 5) is 8.79. The number of aryl methyl sites for hydroxylation is 1. The zero-order valence-electron chi connectivity index (χ0n) is 14.6. The minimum Gasteiger partial charge on any atom is -0.395 e. The number of halogens is 1. The van der Waals surface area contributed by atoms with Crippen LogP contribution >= 0.6 is 11.6 Å². The largest absolute Gasteiger partial charge is 0.395 e. The number of hydrogen-bond donors (Lipinski definition) is 1. The molecular weight excluding hydrogens is 332 g/mol. The van der Waals surface area contributed by atoms with Crippen molar-refractivity contribution in [3.05, 3.63) is 71.3 Å². The molecule has 0 fully saturated rings. The first kappa shape index (κ1) is 17.6. The molecule has 0 radical (unpaired) electrons. The maximum atomic E-state index is 9.59. The van der Waals surface area contributed by atoms with Crippen LogP contribution < -0.4 is 0 Å². The van der Waals surface area contributed by atoms with E-state index in [1.807, 2.05) is 63.5 Å². The van der Waals surface area contributed by atoms with Crippen LogP contribution in [0, 0.1) is 6.92 Å². The summed E-state index contributed by atoms with van der Waals surface area (Å²) in [6.45, 7) is 6.01. The molecule has 3 nitrogen and oxygen atoms in total. The van der Waals surface area contributed by atoms with E-state index in [0.29, 0.717) is 0 Å². The lowest BCUT2D eigenvalue weighted by Gasteiger charge is -2.21. The molecule has 2 aromatic heterocycles. The second-order valence-corrected chi connectivity index (χ2v) is 7.32. The van der Waals surface area contributed by atoms with E-state index < -0.39 is 0 Å². The van der Waals surface area contributed by atoms with Gasteiger partial charge in [0, 0.05) is 51.4 Å². The third-order valence-electron chi connectivity index (χ3n) is 4.36. The Labute approximate surface area is 153 Å². The van der Waals surface area contributed by atoms with Crippen LogP contribution in [0.1, 0.15) is 25.1 Å². The Bertz CT molecular complexity index is 906. The highest BCUT2D eigenvalue weighted by Gasteiger charge is 2.21. The number of aliphatic hydroxyl groups excluding tert-OH is 1. The minimum atomic E-state index is -0.388. The molecule has 0 amide bonds. The second-order valence-electron chi connectivity index (χ2n) is 6.92. The van der Waals surface area contributed by atoms with Gasteiger partial charge in [0.15, 0.2) is 0 Å². The third-order valence-corrected chi connectivity index (χ3v) is 4.67. The molecule has 2 heterocycles. The van der Waals surface area contributed by atoms with Gasteiger partial charge in [0.25, 0.3) is 0 Å². The van der Waals surface area contributed by atoms with E-state index >= 15 is 0 Å². The number of hydrogen-bond acceptors (Lipinski definition) is 3. The van der Waals surface area contributed by atoms with Crippen LogP contribution in [-0.2, 0) is 5.41 Å². The van der Waals surface area contributed by atoms with Crippen molar-refractivity contribution in [3.8, 4) is 22.3 Å². The van der Waals surface area contributed by atoms with Gasteiger partial charge in [0.2, 0.25) is 0 Å². The molecule has 0 aliphatic heterocycles. The van der Waals surface area contributed by atoms with Gasteiger partial charge in [0.05, 0.1) is 6.61 Å². The Hall–Kier alpha value is -2.23. The quantitative estimate of drug-likeness (QED) is 0.715. The van der Waals surface area contributed by atoms with Crippen LogP contribution in [0.5, 0.6) is 0 Å². The van der Waals surface area contributed by atoms with E-state index in [1.165, 1.54) is 0 Å². The van der Waals surface area contributed by atoms with Crippen molar-refractivity contribution in [1.82, 2.24) is 9.97 Å². The van der Waals surface area contributed by atoms with Crippen molar-refractivity contribution >= 4 is 11.6 Å². The Kier molecular flexibility index (Phi) is 4.89. The van der Waals surface area contributed by atoms with Crippen molar-refractivity contribution in [2.75, 3.05) is 6.61 Å². The van der Waals surface area contributed by atoms with Crippen molar-refractivity contribution in [3.63, 3.8) is 0 Å². The van der Waals surface area contributed by atoms with Crippen LogP contribution in [0.2, 0.25) is 5.02 Å². The lowest BCUT2D eigenvalue weighted by atomic mass is 9.88. The van der Waals surface area contributed by atoms with Crippen LogP contribution in [0.15, 0.2) is 55.0 Å². The van der Waals surface area contributed by atoms with Crippen LogP contribution in [0.25, 0.3) is 22.3 Å². The van der Waals surface area contributed by atoms with E-state index in [9.17, 15) is 5.11 Å². The van der Waals surface area contributed by atoms with E-state index in [0.717, 1.165) is 38.5 Å². The maximum Gasteiger partial charge on any atom is 0.0537 e. The van der Waals surface area contributed by atoms with E-state index in [4.69, 9.17) is 11.6 Å². The molecule has 1 aromatic carbocycles. The number of rotatable bonds is 4. The predicted molar refractivity (Wildman–Crippen MR) is 103 cm³/mol. The Morgan fingerprint density at radius 3 is 2.48 bits per heavy atom. The van der Waals surface area contributed by atoms with Gasteiger partial charge in [-0.3, -0.25) is 9.97 Å². The van der Waals surface area contributed by atoms with E-state index in [2.05, 4.69) is 16.0 Å². The first-order chi connectivity index (χ1) is 11.9. The number of benzene rings is 1. The molecule has 0 spiro atoms. The zero-order chi connectivity index (χ0) is 18.0. The van der Waals surface area contributed by atoms with Crippen LogP contribution in [-0.4, -0.2) is 21.7 Å². The summed E-state index contributed by atoms with van der Waals surface area (Å²) in [6, 6.07) is 12.1. The van der Waals surface area contributed by atoms with Crippen LogP contribution in [0.3, 0.4) is 0 Å². The monoisotopic (exact) mass is 352 g/mol. The highest BCUT2D eigenvalue weighted by molar-refractivity contribution is 6.33. The first-order valence-corrected chi connectivity index (χ1v) is 8.58. The Balaban J connectivity index is 2.04. The molecule has 0 unspecified atom stereocenters. The highest BCUT2D eigenvalue weighted by atomic mass is 35.5. The molecule has 0 saturated carbocycles. The van der Waals surface area contributed by atoms with Gasteiger partial charge in [-0.2, -0.15) is 0 Å². The van der Waals surface area contributed by atoms with Gasteiger partial charge in [-0.05, 0) is 42.3 Å². The van der Waals surface area contributed by atoms with E-state index in [1.54, 1.807) is 6.20 Å². The summed E-state index contributed by atoms with van der Waals surface area (Å²) in [6.07, 6.45) is 5.42. The molecule has 1 N–H and O–H groups in total. The fraction of sp³-hybridized carbons (Fsp3) is 0.238. The van der Waals surface area contributed by atoms with E-state index in [-0.39, 0.29) is 12.0 Å². The SMILES string of the molecule is Cc1ccc(-c2cncc(-c3ccnc(C(C)(C)CO)c3)c2)c(Cl)c1. The number of aromatic nitrogens is 2. The molecule has 0 aliphatic carbocycles. The summed E-state index contributed by atoms with van der Waals surface area (Å²) in [5.41, 5.74) is 5.54. The summed E-state index contributed by atoms with van der Waals surface area (Å²) in [5, 5.41) is 10.3. The van der Waals surface area contributed by atoms with Crippen molar-refractivity contribution in [2.24, 2.45) is 0 Å².